The Labute approximate surface area is 82.5 Å². The molecule has 0 unspecified atom stereocenters. The Bertz CT molecular complexity index is 137. The fourth-order valence-corrected chi connectivity index (χ4v) is 2.56. The minimum absolute atomic E-state index is 0.484. The topological polar surface area (TPSA) is 29.3 Å². The molecular weight excluding hydrogens is 160 g/mol. The summed E-state index contributed by atoms with van der Waals surface area (Å²) in [5, 5.41) is 0. The van der Waals surface area contributed by atoms with E-state index >= 15 is 0 Å². The molecule has 0 atom stereocenters. The summed E-state index contributed by atoms with van der Waals surface area (Å²) in [5.74, 6) is 0. The summed E-state index contributed by atoms with van der Waals surface area (Å²) < 4.78 is 0. The van der Waals surface area contributed by atoms with Gasteiger partial charge in [-0.25, -0.2) is 0 Å². The van der Waals surface area contributed by atoms with E-state index in [1.807, 2.05) is 0 Å². The number of rotatable bonds is 4. The maximum Gasteiger partial charge on any atom is 0.0204 e. The highest BCUT2D eigenvalue weighted by molar-refractivity contribution is 4.90. The lowest BCUT2D eigenvalue weighted by Crippen LogP contribution is -2.46. The zero-order valence-corrected chi connectivity index (χ0v) is 9.18. The van der Waals surface area contributed by atoms with E-state index in [1.165, 1.54) is 44.9 Å². The minimum atomic E-state index is 0.484. The largest absolute Gasteiger partial charge is 0.330 e. The van der Waals surface area contributed by atoms with Crippen LogP contribution < -0.4 is 5.73 Å². The number of hydrogen-bond donors (Lipinski definition) is 1. The third kappa shape index (κ3) is 2.68. The first kappa shape index (κ1) is 11.0. The van der Waals surface area contributed by atoms with Gasteiger partial charge in [-0.2, -0.15) is 0 Å². The van der Waals surface area contributed by atoms with Crippen LogP contribution >= 0.6 is 0 Å². The Kier molecular flexibility index (Phi) is 4.20. The van der Waals surface area contributed by atoms with Crippen LogP contribution in [0.5, 0.6) is 0 Å². The van der Waals surface area contributed by atoms with Crippen LogP contribution in [0, 0.1) is 0 Å². The van der Waals surface area contributed by atoms with Crippen LogP contribution in [0.4, 0.5) is 0 Å². The highest BCUT2D eigenvalue weighted by Crippen LogP contribution is 2.35. The van der Waals surface area contributed by atoms with Gasteiger partial charge in [0.2, 0.25) is 0 Å². The highest BCUT2D eigenvalue weighted by Gasteiger charge is 2.32. The predicted octanol–water partition coefficient (Wildman–Crippen LogP) is 1.99. The van der Waals surface area contributed by atoms with E-state index in [0.29, 0.717) is 5.54 Å². The van der Waals surface area contributed by atoms with E-state index in [1.54, 1.807) is 0 Å². The maximum atomic E-state index is 5.59. The summed E-state index contributed by atoms with van der Waals surface area (Å²) in [5.41, 5.74) is 6.07. The molecule has 2 N–H and O–H groups in total. The van der Waals surface area contributed by atoms with Crippen molar-refractivity contribution in [3.8, 4) is 0 Å². The number of nitrogens with zero attached hydrogens (tertiary/aromatic N) is 1. The monoisotopic (exact) mass is 184 g/mol. The van der Waals surface area contributed by atoms with Crippen molar-refractivity contribution in [1.82, 2.24) is 4.90 Å². The van der Waals surface area contributed by atoms with Crippen molar-refractivity contribution in [2.45, 2.75) is 50.5 Å². The Balaban J connectivity index is 2.51. The molecule has 0 spiro atoms. The molecule has 2 heteroatoms. The Morgan fingerprint density at radius 3 is 2.23 bits per heavy atom. The predicted molar refractivity (Wildman–Crippen MR) is 57.8 cm³/mol. The molecule has 1 aliphatic carbocycles. The van der Waals surface area contributed by atoms with Crippen LogP contribution in [0.25, 0.3) is 0 Å². The zero-order valence-electron chi connectivity index (χ0n) is 9.18. The van der Waals surface area contributed by atoms with Crippen molar-refractivity contribution < 1.29 is 0 Å². The van der Waals surface area contributed by atoms with Crippen molar-refractivity contribution in [2.24, 2.45) is 5.73 Å². The van der Waals surface area contributed by atoms with E-state index in [0.717, 1.165) is 6.54 Å². The zero-order chi connectivity index (χ0) is 9.73. The third-order valence-electron chi connectivity index (χ3n) is 3.58. The quantitative estimate of drug-likeness (QED) is 0.724. The third-order valence-corrected chi connectivity index (χ3v) is 3.58. The van der Waals surface area contributed by atoms with E-state index in [4.69, 9.17) is 5.73 Å². The Morgan fingerprint density at radius 2 is 1.77 bits per heavy atom. The van der Waals surface area contributed by atoms with E-state index in [9.17, 15) is 0 Å². The van der Waals surface area contributed by atoms with Gasteiger partial charge in [0.1, 0.15) is 0 Å². The first-order chi connectivity index (χ1) is 6.21. The fraction of sp³-hybridized carbons (Fsp3) is 1.00. The van der Waals surface area contributed by atoms with E-state index in [-0.39, 0.29) is 0 Å². The van der Waals surface area contributed by atoms with Crippen molar-refractivity contribution in [1.29, 1.82) is 0 Å². The lowest BCUT2D eigenvalue weighted by Gasteiger charge is -2.43. The molecule has 0 heterocycles. The van der Waals surface area contributed by atoms with Gasteiger partial charge in [0.25, 0.3) is 0 Å². The standard InChI is InChI=1S/C11H24N2/c1-13(2)11(9-6-10-12)7-4-3-5-8-11/h3-10,12H2,1-2H3. The molecule has 0 aromatic heterocycles. The first-order valence-electron chi connectivity index (χ1n) is 5.59. The average Bonchev–Trinajstić information content (AvgIpc) is 2.16. The number of nitrogens with two attached hydrogens (primary N) is 1. The van der Waals surface area contributed by atoms with Crippen LogP contribution in [0.2, 0.25) is 0 Å². The van der Waals surface area contributed by atoms with Gasteiger partial charge < -0.3 is 10.6 Å². The Morgan fingerprint density at radius 1 is 1.15 bits per heavy atom. The molecule has 0 bridgehead atoms. The summed E-state index contributed by atoms with van der Waals surface area (Å²) in [6, 6.07) is 0. The molecule has 0 aromatic carbocycles. The molecule has 78 valence electrons. The first-order valence-corrected chi connectivity index (χ1v) is 5.59. The second kappa shape index (κ2) is 4.97. The average molecular weight is 184 g/mol. The molecule has 0 aromatic rings. The smallest absolute Gasteiger partial charge is 0.0204 e. The van der Waals surface area contributed by atoms with Crippen LogP contribution in [0.15, 0.2) is 0 Å². The van der Waals surface area contributed by atoms with E-state index in [2.05, 4.69) is 19.0 Å². The molecular formula is C11H24N2. The lowest BCUT2D eigenvalue weighted by atomic mass is 9.77. The summed E-state index contributed by atoms with van der Waals surface area (Å²) in [6.07, 6.45) is 9.46. The fourth-order valence-electron chi connectivity index (χ4n) is 2.56. The van der Waals surface area contributed by atoms with Gasteiger partial charge in [0.15, 0.2) is 0 Å². The Hall–Kier alpha value is -0.0800. The molecule has 13 heavy (non-hydrogen) atoms. The van der Waals surface area contributed by atoms with Crippen molar-refractivity contribution in [2.75, 3.05) is 20.6 Å². The van der Waals surface area contributed by atoms with Gasteiger partial charge >= 0.3 is 0 Å². The van der Waals surface area contributed by atoms with Crippen LogP contribution in [-0.4, -0.2) is 31.1 Å². The SMILES string of the molecule is CN(C)C1(CCCN)CCCCC1. The molecule has 0 amide bonds. The number of hydrogen-bond acceptors (Lipinski definition) is 2. The van der Waals surface area contributed by atoms with Gasteiger partial charge in [0, 0.05) is 5.54 Å². The molecule has 0 saturated heterocycles. The van der Waals surface area contributed by atoms with Gasteiger partial charge in [-0.3, -0.25) is 0 Å². The van der Waals surface area contributed by atoms with Gasteiger partial charge in [0.05, 0.1) is 0 Å². The van der Waals surface area contributed by atoms with Crippen LogP contribution in [0.1, 0.15) is 44.9 Å². The summed E-state index contributed by atoms with van der Waals surface area (Å²) >= 11 is 0. The van der Waals surface area contributed by atoms with Crippen molar-refractivity contribution in [3.63, 3.8) is 0 Å². The second-order valence-corrected chi connectivity index (χ2v) is 4.57. The van der Waals surface area contributed by atoms with Crippen molar-refractivity contribution in [3.05, 3.63) is 0 Å². The van der Waals surface area contributed by atoms with Crippen LogP contribution in [-0.2, 0) is 0 Å². The molecule has 2 nitrogen and oxygen atoms in total. The minimum Gasteiger partial charge on any atom is -0.330 e. The highest BCUT2D eigenvalue weighted by atomic mass is 15.1. The molecule has 1 rings (SSSR count). The molecule has 1 aliphatic rings. The molecule has 1 fully saturated rings. The summed E-state index contributed by atoms with van der Waals surface area (Å²) in [7, 11) is 4.45. The van der Waals surface area contributed by atoms with Gasteiger partial charge in [-0.15, -0.1) is 0 Å². The van der Waals surface area contributed by atoms with Crippen molar-refractivity contribution >= 4 is 0 Å². The van der Waals surface area contributed by atoms with Gasteiger partial charge in [-0.05, 0) is 46.3 Å². The molecule has 0 radical (unpaired) electrons. The van der Waals surface area contributed by atoms with Gasteiger partial charge in [-0.1, -0.05) is 19.3 Å². The molecule has 1 saturated carbocycles. The lowest BCUT2D eigenvalue weighted by molar-refractivity contribution is 0.0888. The molecule has 0 aliphatic heterocycles. The van der Waals surface area contributed by atoms with Crippen LogP contribution in [0.3, 0.4) is 0 Å². The normalized spacial score (nSPS) is 22.2. The second-order valence-electron chi connectivity index (χ2n) is 4.57. The maximum absolute atomic E-state index is 5.59. The summed E-state index contributed by atoms with van der Waals surface area (Å²) in [4.78, 5) is 2.43. The van der Waals surface area contributed by atoms with E-state index < -0.39 is 0 Å². The summed E-state index contributed by atoms with van der Waals surface area (Å²) in [6.45, 7) is 0.843.